The number of carbonyl (C=O) groups is 3. The van der Waals surface area contributed by atoms with Crippen molar-refractivity contribution in [2.24, 2.45) is 17.8 Å². The van der Waals surface area contributed by atoms with Crippen molar-refractivity contribution in [2.75, 3.05) is 19.7 Å². The molecule has 7 nitrogen and oxygen atoms in total. The molecular weight excluding hydrogens is 444 g/mol. The number of rotatable bonds is 6. The minimum Gasteiger partial charge on any atom is -0.481 e. The Kier molecular flexibility index (Phi) is 6.50. The zero-order valence-electron chi connectivity index (χ0n) is 20.0. The molecule has 35 heavy (non-hydrogen) atoms. The number of benzene rings is 2. The van der Waals surface area contributed by atoms with E-state index in [1.165, 1.54) is 11.1 Å². The van der Waals surface area contributed by atoms with Crippen LogP contribution in [0.25, 0.3) is 11.1 Å². The molecule has 2 amide bonds. The molecule has 1 saturated heterocycles. The summed E-state index contributed by atoms with van der Waals surface area (Å²) in [5.41, 5.74) is 4.61. The molecule has 1 saturated carbocycles. The van der Waals surface area contributed by atoms with Gasteiger partial charge in [0.1, 0.15) is 12.6 Å². The first-order valence-electron chi connectivity index (χ1n) is 12.6. The molecule has 0 spiro atoms. The highest BCUT2D eigenvalue weighted by Crippen LogP contribution is 2.44. The quantitative estimate of drug-likeness (QED) is 0.649. The zero-order valence-corrected chi connectivity index (χ0v) is 20.0. The van der Waals surface area contributed by atoms with Gasteiger partial charge in [-0.05, 0) is 53.4 Å². The van der Waals surface area contributed by atoms with Gasteiger partial charge in [-0.2, -0.15) is 0 Å². The maximum absolute atomic E-state index is 13.4. The van der Waals surface area contributed by atoms with Crippen LogP contribution in [-0.4, -0.2) is 53.7 Å². The summed E-state index contributed by atoms with van der Waals surface area (Å²) in [4.78, 5) is 39.4. The van der Waals surface area contributed by atoms with Gasteiger partial charge in [-0.15, -0.1) is 0 Å². The molecule has 5 rings (SSSR count). The number of hydrogen-bond acceptors (Lipinski definition) is 4. The second-order valence-electron chi connectivity index (χ2n) is 10.1. The number of likely N-dealkylation sites (tertiary alicyclic amines) is 1. The van der Waals surface area contributed by atoms with Crippen LogP contribution < -0.4 is 5.32 Å². The van der Waals surface area contributed by atoms with Crippen LogP contribution in [0.3, 0.4) is 0 Å². The molecule has 0 bridgehead atoms. The fourth-order valence-electron chi connectivity index (χ4n) is 5.83. The summed E-state index contributed by atoms with van der Waals surface area (Å²) in [6.45, 7) is 2.86. The van der Waals surface area contributed by atoms with Crippen molar-refractivity contribution in [3.05, 3.63) is 59.7 Å². The Labute approximate surface area is 205 Å². The van der Waals surface area contributed by atoms with Crippen molar-refractivity contribution in [1.82, 2.24) is 10.2 Å². The molecule has 2 fully saturated rings. The van der Waals surface area contributed by atoms with E-state index in [2.05, 4.69) is 29.6 Å². The fraction of sp³-hybridized carbons (Fsp3) is 0.464. The van der Waals surface area contributed by atoms with E-state index in [4.69, 9.17) is 4.74 Å². The summed E-state index contributed by atoms with van der Waals surface area (Å²) in [7, 11) is 0. The Bertz CT molecular complexity index is 1080. The van der Waals surface area contributed by atoms with E-state index in [1.807, 2.05) is 31.2 Å². The average molecular weight is 477 g/mol. The molecule has 2 aromatic rings. The van der Waals surface area contributed by atoms with E-state index < -0.39 is 24.0 Å². The number of alkyl carbamates (subject to hydrolysis) is 1. The van der Waals surface area contributed by atoms with Gasteiger partial charge >= 0.3 is 12.1 Å². The van der Waals surface area contributed by atoms with Crippen molar-refractivity contribution >= 4 is 18.0 Å². The van der Waals surface area contributed by atoms with Crippen LogP contribution in [0.15, 0.2) is 48.5 Å². The maximum Gasteiger partial charge on any atom is 0.407 e. The van der Waals surface area contributed by atoms with E-state index in [0.717, 1.165) is 30.4 Å². The Morgan fingerprint density at radius 3 is 2.20 bits per heavy atom. The number of aliphatic carboxylic acids is 1. The Hall–Kier alpha value is -3.35. The lowest BCUT2D eigenvalue weighted by atomic mass is 9.78. The number of piperidine rings is 1. The topological polar surface area (TPSA) is 95.9 Å². The van der Waals surface area contributed by atoms with Crippen LogP contribution in [0, 0.1) is 17.8 Å². The molecule has 0 aromatic heterocycles. The van der Waals surface area contributed by atoms with E-state index >= 15 is 0 Å². The predicted molar refractivity (Wildman–Crippen MR) is 131 cm³/mol. The number of ether oxygens (including phenoxy) is 1. The summed E-state index contributed by atoms with van der Waals surface area (Å²) in [5, 5.41) is 12.3. The van der Waals surface area contributed by atoms with E-state index in [1.54, 1.807) is 4.90 Å². The number of nitrogens with one attached hydrogen (secondary N) is 1. The lowest BCUT2D eigenvalue weighted by molar-refractivity contribution is -0.149. The molecule has 3 atom stereocenters. The largest absolute Gasteiger partial charge is 0.481 e. The third-order valence-corrected chi connectivity index (χ3v) is 8.04. The van der Waals surface area contributed by atoms with Gasteiger partial charge in [0.25, 0.3) is 0 Å². The number of hydrogen-bond donors (Lipinski definition) is 2. The molecule has 1 heterocycles. The molecular formula is C28H32N2O5. The van der Waals surface area contributed by atoms with Crippen LogP contribution in [0.5, 0.6) is 0 Å². The molecule has 2 aromatic carbocycles. The highest BCUT2D eigenvalue weighted by Gasteiger charge is 2.40. The van der Waals surface area contributed by atoms with Crippen molar-refractivity contribution in [2.45, 2.75) is 44.6 Å². The Balaban J connectivity index is 1.24. The second-order valence-corrected chi connectivity index (χ2v) is 10.1. The SMILES string of the molecule is CC1CN(C(=O)C(NC(=O)OCC2c3ccccc3-c3ccccc32)C2CCC2)CCC1C(=O)O. The smallest absolute Gasteiger partial charge is 0.407 e. The number of carbonyl (C=O) groups excluding carboxylic acids is 2. The number of nitrogens with zero attached hydrogens (tertiary/aromatic N) is 1. The fourth-order valence-corrected chi connectivity index (χ4v) is 5.83. The van der Waals surface area contributed by atoms with Gasteiger partial charge in [-0.1, -0.05) is 61.9 Å². The number of fused-ring (bicyclic) bond motifs is 3. The van der Waals surface area contributed by atoms with Crippen LogP contribution in [0.2, 0.25) is 0 Å². The predicted octanol–water partition coefficient (Wildman–Crippen LogP) is 4.26. The van der Waals surface area contributed by atoms with Gasteiger partial charge < -0.3 is 20.1 Å². The second kappa shape index (κ2) is 9.72. The van der Waals surface area contributed by atoms with Crippen molar-refractivity contribution in [3.8, 4) is 11.1 Å². The number of carboxylic acid groups (broad SMARTS) is 1. The highest BCUT2D eigenvalue weighted by molar-refractivity contribution is 5.86. The van der Waals surface area contributed by atoms with Gasteiger partial charge in [0.2, 0.25) is 5.91 Å². The summed E-state index contributed by atoms with van der Waals surface area (Å²) >= 11 is 0. The van der Waals surface area contributed by atoms with Crippen molar-refractivity contribution < 1.29 is 24.2 Å². The van der Waals surface area contributed by atoms with Crippen molar-refractivity contribution in [3.63, 3.8) is 0 Å². The van der Waals surface area contributed by atoms with Gasteiger partial charge in [0, 0.05) is 19.0 Å². The van der Waals surface area contributed by atoms with Gasteiger partial charge in [-0.25, -0.2) is 4.79 Å². The molecule has 2 N–H and O–H groups in total. The molecule has 0 radical (unpaired) electrons. The third kappa shape index (κ3) is 4.51. The lowest BCUT2D eigenvalue weighted by Gasteiger charge is -2.40. The summed E-state index contributed by atoms with van der Waals surface area (Å²) in [5.74, 6) is -1.44. The van der Waals surface area contributed by atoms with Gasteiger partial charge in [-0.3, -0.25) is 9.59 Å². The van der Waals surface area contributed by atoms with Crippen LogP contribution in [0.4, 0.5) is 4.79 Å². The normalized spacial score (nSPS) is 22.5. The average Bonchev–Trinajstić information content (AvgIpc) is 3.14. The first-order chi connectivity index (χ1) is 16.9. The monoisotopic (exact) mass is 476 g/mol. The lowest BCUT2D eigenvalue weighted by Crippen LogP contribution is -2.56. The number of carboxylic acids is 1. The molecule has 7 heteroatoms. The first-order valence-corrected chi connectivity index (χ1v) is 12.6. The molecule has 3 aliphatic rings. The van der Waals surface area contributed by atoms with Crippen LogP contribution in [0.1, 0.15) is 49.7 Å². The van der Waals surface area contributed by atoms with Crippen LogP contribution in [-0.2, 0) is 14.3 Å². The standard InChI is InChI=1S/C28H32N2O5/c1-17-15-30(14-13-19(17)27(32)33)26(31)25(18-7-6-8-18)29-28(34)35-16-24-22-11-4-2-9-20(22)21-10-3-5-12-23(21)24/h2-5,9-12,17-19,24-25H,6-8,13-16H2,1H3,(H,29,34)(H,32,33). The zero-order chi connectivity index (χ0) is 24.5. The molecule has 3 unspecified atom stereocenters. The molecule has 2 aliphatic carbocycles. The maximum atomic E-state index is 13.4. The molecule has 184 valence electrons. The van der Waals surface area contributed by atoms with Gasteiger partial charge in [0.15, 0.2) is 0 Å². The van der Waals surface area contributed by atoms with Crippen LogP contribution >= 0.6 is 0 Å². The first kappa shape index (κ1) is 23.4. The number of amides is 2. The summed E-state index contributed by atoms with van der Waals surface area (Å²) in [6, 6.07) is 15.7. The minimum atomic E-state index is -0.808. The van der Waals surface area contributed by atoms with Crippen molar-refractivity contribution in [1.29, 1.82) is 0 Å². The Morgan fingerprint density at radius 2 is 1.66 bits per heavy atom. The Morgan fingerprint density at radius 1 is 1.03 bits per heavy atom. The summed E-state index contributed by atoms with van der Waals surface area (Å²) in [6.07, 6.45) is 2.68. The minimum absolute atomic E-state index is 0.0399. The molecule has 1 aliphatic heterocycles. The van der Waals surface area contributed by atoms with E-state index in [-0.39, 0.29) is 30.3 Å². The summed E-state index contributed by atoms with van der Waals surface area (Å²) < 4.78 is 5.70. The van der Waals surface area contributed by atoms with E-state index in [9.17, 15) is 19.5 Å². The van der Waals surface area contributed by atoms with E-state index in [0.29, 0.717) is 19.5 Å². The van der Waals surface area contributed by atoms with Gasteiger partial charge in [0.05, 0.1) is 5.92 Å². The highest BCUT2D eigenvalue weighted by atomic mass is 16.5. The third-order valence-electron chi connectivity index (χ3n) is 8.04.